The van der Waals surface area contributed by atoms with Gasteiger partial charge in [-0.2, -0.15) is 0 Å². The Bertz CT molecular complexity index is 973. The van der Waals surface area contributed by atoms with Crippen LogP contribution in [0.15, 0.2) is 83.8 Å². The summed E-state index contributed by atoms with van der Waals surface area (Å²) in [4.78, 5) is 12.5. The number of hydrogen-bond donors (Lipinski definition) is 2. The first-order chi connectivity index (χ1) is 22.5. The molecule has 0 fully saturated rings. The molecule has 0 radical (unpaired) electrons. The van der Waals surface area contributed by atoms with Crippen LogP contribution in [0.1, 0.15) is 13.8 Å². The van der Waals surface area contributed by atoms with E-state index in [1.807, 2.05) is 0 Å². The average Bonchev–Trinajstić information content (AvgIpc) is 3.04. The van der Waals surface area contributed by atoms with Gasteiger partial charge in [-0.15, -0.1) is 0 Å². The van der Waals surface area contributed by atoms with Crippen LogP contribution in [0.25, 0.3) is 0 Å². The first-order valence-corrected chi connectivity index (χ1v) is 15.7. The lowest BCUT2D eigenvalue weighted by molar-refractivity contribution is -0.138. The van der Waals surface area contributed by atoms with Crippen molar-refractivity contribution in [3.8, 4) is 0 Å². The molecule has 0 saturated heterocycles. The van der Waals surface area contributed by atoms with E-state index in [1.165, 1.54) is 31.2 Å². The first kappa shape index (κ1) is 43.3. The van der Waals surface area contributed by atoms with E-state index < -0.39 is 11.8 Å². The Balaban J connectivity index is 3.94. The lowest BCUT2D eigenvalue weighted by Crippen LogP contribution is -2.16. The first-order valence-electron chi connectivity index (χ1n) is 14.9. The highest BCUT2D eigenvalue weighted by molar-refractivity contribution is 8.01. The second-order valence-corrected chi connectivity index (χ2v) is 9.65. The predicted octanol–water partition coefficient (Wildman–Crippen LogP) is 4.61. The van der Waals surface area contributed by atoms with Gasteiger partial charge in [0, 0.05) is 23.6 Å². The Morgan fingerprint density at radius 2 is 1.41 bits per heavy atom. The number of allylic oxidation sites excluding steroid dienone is 8. The molecule has 11 nitrogen and oxygen atoms in total. The van der Waals surface area contributed by atoms with E-state index in [0.717, 1.165) is 23.3 Å². The zero-order chi connectivity index (χ0) is 33.9. The molecule has 0 spiro atoms. The van der Waals surface area contributed by atoms with Crippen LogP contribution in [0.2, 0.25) is 0 Å². The van der Waals surface area contributed by atoms with Crippen molar-refractivity contribution in [3.63, 3.8) is 0 Å². The number of halogens is 2. The van der Waals surface area contributed by atoms with Crippen LogP contribution in [0, 0.1) is 0 Å². The van der Waals surface area contributed by atoms with E-state index in [-0.39, 0.29) is 24.1 Å². The summed E-state index contributed by atoms with van der Waals surface area (Å²) >= 11 is 1.35. The minimum atomic E-state index is -0.783. The number of hydrogen-bond acceptors (Lipinski definition) is 12. The van der Waals surface area contributed by atoms with Gasteiger partial charge in [0.1, 0.15) is 6.26 Å². The summed E-state index contributed by atoms with van der Waals surface area (Å²) in [5.74, 6) is -1.36. The van der Waals surface area contributed by atoms with E-state index in [2.05, 4.69) is 11.3 Å². The Kier molecular flexibility index (Phi) is 31.7. The van der Waals surface area contributed by atoms with Crippen molar-refractivity contribution < 1.29 is 51.5 Å². The van der Waals surface area contributed by atoms with E-state index >= 15 is 0 Å². The van der Waals surface area contributed by atoms with Crippen LogP contribution in [0.3, 0.4) is 0 Å². The van der Waals surface area contributed by atoms with Gasteiger partial charge < -0.3 is 43.6 Å². The maximum absolute atomic E-state index is 14.2. The van der Waals surface area contributed by atoms with Gasteiger partial charge in [0.05, 0.1) is 98.5 Å². The second-order valence-electron chi connectivity index (χ2n) is 8.68. The van der Waals surface area contributed by atoms with Crippen molar-refractivity contribution in [3.05, 3.63) is 83.8 Å². The van der Waals surface area contributed by atoms with Crippen molar-refractivity contribution in [2.45, 2.75) is 13.8 Å². The third-order valence-corrected chi connectivity index (χ3v) is 5.89. The molecular weight excluding hydrogens is 626 g/mol. The molecule has 46 heavy (non-hydrogen) atoms. The molecule has 0 atom stereocenters. The molecule has 0 saturated carbocycles. The second kappa shape index (κ2) is 33.7. The molecular formula is C32H50F2N2O9S. The van der Waals surface area contributed by atoms with Gasteiger partial charge in [0.2, 0.25) is 0 Å². The third-order valence-electron chi connectivity index (χ3n) is 5.00. The standard InChI is InChI=1S/C32H50F2N2O9S/c1-4-31(7-6-12-44-27-30(34)26-29(8-9-33)25-28(3)32(37)45-5-2)46-36-11-14-39-16-18-41-20-22-43-24-23-42-21-19-40-17-15-38-13-10-35/h4,6-9,12,25-27,36H,1,5,10-11,13-24,35H2,2-3H3/b9-8+,12-6+,28-25+,29-26+,30-27-,31-7+. The normalized spacial score (nSPS) is 13.2. The molecule has 0 aromatic rings. The zero-order valence-corrected chi connectivity index (χ0v) is 27.7. The van der Waals surface area contributed by atoms with Gasteiger partial charge in [-0.3, -0.25) is 4.72 Å². The Labute approximate surface area is 276 Å². The molecule has 0 bridgehead atoms. The van der Waals surface area contributed by atoms with Gasteiger partial charge >= 0.3 is 5.97 Å². The number of carbonyl (C=O) groups excluding carboxylic acids is 1. The number of ether oxygens (including phenoxy) is 8. The number of esters is 1. The van der Waals surface area contributed by atoms with E-state index in [4.69, 9.17) is 43.6 Å². The molecule has 0 unspecified atom stereocenters. The summed E-state index contributed by atoms with van der Waals surface area (Å²) < 4.78 is 72.3. The molecule has 0 aromatic heterocycles. The van der Waals surface area contributed by atoms with Crippen molar-refractivity contribution in [1.29, 1.82) is 0 Å². The quantitative estimate of drug-likeness (QED) is 0.0266. The molecule has 0 aromatic carbocycles. The van der Waals surface area contributed by atoms with Crippen molar-refractivity contribution >= 4 is 17.9 Å². The van der Waals surface area contributed by atoms with Gasteiger partial charge in [-0.1, -0.05) is 12.7 Å². The summed E-state index contributed by atoms with van der Waals surface area (Å²) in [6, 6.07) is 0. The predicted molar refractivity (Wildman–Crippen MR) is 176 cm³/mol. The smallest absolute Gasteiger partial charge is 0.333 e. The SMILES string of the molecule is C=C/C(=C\C=C\O/C=C(F)/C=C(\C=C\F)/C=C(\C)C(=O)OCC)SNCCOCCOCCOCCOCCOCCOCCN. The highest BCUT2D eigenvalue weighted by Crippen LogP contribution is 2.13. The monoisotopic (exact) mass is 676 g/mol. The molecule has 0 amide bonds. The van der Waals surface area contributed by atoms with E-state index in [9.17, 15) is 13.6 Å². The third kappa shape index (κ3) is 28.8. The number of nitrogens with one attached hydrogen (secondary N) is 1. The van der Waals surface area contributed by atoms with Crippen LogP contribution < -0.4 is 10.5 Å². The van der Waals surface area contributed by atoms with Gasteiger partial charge in [0.15, 0.2) is 5.83 Å². The maximum atomic E-state index is 14.2. The summed E-state index contributed by atoms with van der Waals surface area (Å²) in [5.41, 5.74) is 5.64. The summed E-state index contributed by atoms with van der Waals surface area (Å²) in [7, 11) is 0. The molecule has 14 heteroatoms. The Morgan fingerprint density at radius 1 is 0.870 bits per heavy atom. The summed E-state index contributed by atoms with van der Waals surface area (Å²) in [6.07, 6.45) is 10.6. The van der Waals surface area contributed by atoms with Crippen LogP contribution >= 0.6 is 11.9 Å². The van der Waals surface area contributed by atoms with Crippen molar-refractivity contribution in [1.82, 2.24) is 4.72 Å². The van der Waals surface area contributed by atoms with Crippen LogP contribution in [0.5, 0.6) is 0 Å². The fraction of sp³-hybridized carbons (Fsp3) is 0.531. The van der Waals surface area contributed by atoms with E-state index in [1.54, 1.807) is 25.2 Å². The minimum Gasteiger partial charge on any atom is -0.470 e. The maximum Gasteiger partial charge on any atom is 0.333 e. The van der Waals surface area contributed by atoms with Crippen molar-refractivity contribution in [2.75, 3.05) is 99.0 Å². The lowest BCUT2D eigenvalue weighted by atomic mass is 10.1. The summed E-state index contributed by atoms with van der Waals surface area (Å²) in [5, 5.41) is 0. The Morgan fingerprint density at radius 3 is 1.91 bits per heavy atom. The van der Waals surface area contributed by atoms with Gasteiger partial charge in [-0.05, 0) is 61.7 Å². The minimum absolute atomic E-state index is 0.116. The molecule has 0 aliphatic carbocycles. The number of nitrogens with two attached hydrogens (primary N) is 1. The number of carbonyl (C=O) groups is 1. The molecule has 0 rings (SSSR count). The van der Waals surface area contributed by atoms with Gasteiger partial charge in [-0.25, -0.2) is 13.6 Å². The Hall–Kier alpha value is -2.66. The van der Waals surface area contributed by atoms with Crippen molar-refractivity contribution in [2.24, 2.45) is 5.73 Å². The van der Waals surface area contributed by atoms with Gasteiger partial charge in [0.25, 0.3) is 0 Å². The highest BCUT2D eigenvalue weighted by Gasteiger charge is 2.05. The van der Waals surface area contributed by atoms with E-state index in [0.29, 0.717) is 92.4 Å². The lowest BCUT2D eigenvalue weighted by Gasteiger charge is -2.08. The average molecular weight is 677 g/mol. The van der Waals surface area contributed by atoms with Crippen LogP contribution in [0.4, 0.5) is 8.78 Å². The van der Waals surface area contributed by atoms with Crippen LogP contribution in [-0.4, -0.2) is 105 Å². The molecule has 0 aliphatic rings. The fourth-order valence-electron chi connectivity index (χ4n) is 2.92. The summed E-state index contributed by atoms with van der Waals surface area (Å²) in [6.45, 7) is 14.1. The molecule has 262 valence electrons. The highest BCUT2D eigenvalue weighted by atomic mass is 32.2. The molecule has 0 heterocycles. The zero-order valence-electron chi connectivity index (χ0n) is 26.9. The largest absolute Gasteiger partial charge is 0.470 e. The molecule has 3 N–H and O–H groups in total. The topological polar surface area (TPSA) is 129 Å². The number of rotatable bonds is 31. The fourth-order valence-corrected chi connectivity index (χ4v) is 3.50. The molecule has 0 aliphatic heterocycles. The van der Waals surface area contributed by atoms with Crippen LogP contribution in [-0.2, 0) is 42.7 Å².